The fraction of sp³-hybridized carbons (Fsp3) is 0.130. The van der Waals surface area contributed by atoms with Crippen LogP contribution in [0.4, 0.5) is 5.69 Å². The first-order valence-corrected chi connectivity index (χ1v) is 9.87. The Kier molecular flexibility index (Phi) is 6.91. The van der Waals surface area contributed by atoms with E-state index in [9.17, 15) is 9.59 Å². The molecule has 3 aromatic carbocycles. The first-order chi connectivity index (χ1) is 13.9. The van der Waals surface area contributed by atoms with Crippen molar-refractivity contribution >= 4 is 40.7 Å². The minimum absolute atomic E-state index is 0.152. The van der Waals surface area contributed by atoms with Gasteiger partial charge >= 0.3 is 0 Å². The van der Waals surface area contributed by atoms with Crippen LogP contribution in [0.25, 0.3) is 0 Å². The van der Waals surface area contributed by atoms with Crippen LogP contribution in [0.15, 0.2) is 72.8 Å². The highest BCUT2D eigenvalue weighted by atomic mass is 35.5. The molecular weight excluding hydrogens is 407 g/mol. The van der Waals surface area contributed by atoms with Crippen molar-refractivity contribution < 1.29 is 9.59 Å². The number of hydrogen-bond donors (Lipinski definition) is 2. The highest BCUT2D eigenvalue weighted by Gasteiger charge is 2.13. The van der Waals surface area contributed by atoms with Crippen molar-refractivity contribution in [2.24, 2.45) is 0 Å². The first kappa shape index (κ1) is 20.9. The molecule has 1 atom stereocenters. The Morgan fingerprint density at radius 1 is 0.931 bits per heavy atom. The van der Waals surface area contributed by atoms with Gasteiger partial charge in [-0.25, -0.2) is 0 Å². The van der Waals surface area contributed by atoms with Crippen LogP contribution in [0.2, 0.25) is 10.0 Å². The average Bonchev–Trinajstić information content (AvgIpc) is 2.71. The van der Waals surface area contributed by atoms with Crippen molar-refractivity contribution in [3.63, 3.8) is 0 Å². The lowest BCUT2D eigenvalue weighted by Crippen LogP contribution is -2.28. The SMILES string of the molecule is CC(NC(=O)Cc1ccc(Cl)cc1Cl)c1cccc(NC(=O)c2ccccc2)c1. The predicted molar refractivity (Wildman–Crippen MR) is 118 cm³/mol. The first-order valence-electron chi connectivity index (χ1n) is 9.12. The van der Waals surface area contributed by atoms with E-state index in [1.807, 2.05) is 49.4 Å². The van der Waals surface area contributed by atoms with Gasteiger partial charge in [0.2, 0.25) is 5.91 Å². The summed E-state index contributed by atoms with van der Waals surface area (Å²) >= 11 is 12.0. The summed E-state index contributed by atoms with van der Waals surface area (Å²) in [5.74, 6) is -0.336. The summed E-state index contributed by atoms with van der Waals surface area (Å²) in [6.07, 6.45) is 0.158. The van der Waals surface area contributed by atoms with E-state index >= 15 is 0 Å². The van der Waals surface area contributed by atoms with Gasteiger partial charge in [-0.2, -0.15) is 0 Å². The molecule has 0 fully saturated rings. The van der Waals surface area contributed by atoms with Crippen molar-refractivity contribution in [3.05, 3.63) is 99.5 Å². The smallest absolute Gasteiger partial charge is 0.255 e. The van der Waals surface area contributed by atoms with Crippen LogP contribution in [0.5, 0.6) is 0 Å². The molecule has 3 rings (SSSR count). The number of halogens is 2. The maximum Gasteiger partial charge on any atom is 0.255 e. The molecule has 0 saturated heterocycles. The van der Waals surface area contributed by atoms with E-state index in [0.29, 0.717) is 26.9 Å². The van der Waals surface area contributed by atoms with E-state index in [0.717, 1.165) is 5.56 Å². The van der Waals surface area contributed by atoms with E-state index in [-0.39, 0.29) is 24.3 Å². The second-order valence-corrected chi connectivity index (χ2v) is 7.49. The molecule has 3 aromatic rings. The van der Waals surface area contributed by atoms with E-state index in [1.165, 1.54) is 0 Å². The van der Waals surface area contributed by atoms with E-state index in [1.54, 1.807) is 30.3 Å². The molecule has 0 aromatic heterocycles. The van der Waals surface area contributed by atoms with Gasteiger partial charge < -0.3 is 10.6 Å². The Bertz CT molecular complexity index is 1020. The Balaban J connectivity index is 1.63. The van der Waals surface area contributed by atoms with Crippen LogP contribution in [-0.2, 0) is 11.2 Å². The van der Waals surface area contributed by atoms with Crippen LogP contribution in [0.3, 0.4) is 0 Å². The second kappa shape index (κ2) is 9.59. The van der Waals surface area contributed by atoms with E-state index in [4.69, 9.17) is 23.2 Å². The number of amides is 2. The third kappa shape index (κ3) is 5.83. The second-order valence-electron chi connectivity index (χ2n) is 6.65. The number of benzene rings is 3. The molecule has 2 N–H and O–H groups in total. The fourth-order valence-electron chi connectivity index (χ4n) is 2.89. The lowest BCUT2D eigenvalue weighted by atomic mass is 10.1. The molecule has 0 aliphatic heterocycles. The molecule has 6 heteroatoms. The van der Waals surface area contributed by atoms with Crippen LogP contribution in [0.1, 0.15) is 34.5 Å². The quantitative estimate of drug-likeness (QED) is 0.533. The minimum atomic E-state index is -0.234. The molecule has 0 aliphatic carbocycles. The average molecular weight is 427 g/mol. The third-order valence-electron chi connectivity index (χ3n) is 4.42. The molecule has 0 spiro atoms. The van der Waals surface area contributed by atoms with Gasteiger partial charge in [-0.3, -0.25) is 9.59 Å². The van der Waals surface area contributed by atoms with E-state index in [2.05, 4.69) is 10.6 Å². The maximum atomic E-state index is 12.4. The van der Waals surface area contributed by atoms with Gasteiger partial charge in [0, 0.05) is 21.3 Å². The van der Waals surface area contributed by atoms with Gasteiger partial charge in [0.05, 0.1) is 12.5 Å². The summed E-state index contributed by atoms with van der Waals surface area (Å²) < 4.78 is 0. The summed E-state index contributed by atoms with van der Waals surface area (Å²) in [5, 5.41) is 6.83. The van der Waals surface area contributed by atoms with Gasteiger partial charge in [0.15, 0.2) is 0 Å². The number of hydrogen-bond acceptors (Lipinski definition) is 2. The monoisotopic (exact) mass is 426 g/mol. The normalized spacial score (nSPS) is 11.6. The highest BCUT2D eigenvalue weighted by molar-refractivity contribution is 6.35. The summed E-state index contributed by atoms with van der Waals surface area (Å²) in [5.41, 5.74) is 2.84. The molecule has 0 saturated carbocycles. The Morgan fingerprint density at radius 3 is 2.41 bits per heavy atom. The number of anilines is 1. The summed E-state index contributed by atoms with van der Waals surface area (Å²) in [4.78, 5) is 24.7. The van der Waals surface area contributed by atoms with Crippen molar-refractivity contribution in [1.82, 2.24) is 5.32 Å². The highest BCUT2D eigenvalue weighted by Crippen LogP contribution is 2.22. The van der Waals surface area contributed by atoms with Crippen LogP contribution < -0.4 is 10.6 Å². The largest absolute Gasteiger partial charge is 0.349 e. The molecule has 4 nitrogen and oxygen atoms in total. The summed E-state index contributed by atoms with van der Waals surface area (Å²) in [7, 11) is 0. The topological polar surface area (TPSA) is 58.2 Å². The van der Waals surface area contributed by atoms with E-state index < -0.39 is 0 Å². The predicted octanol–water partition coefficient (Wildman–Crippen LogP) is 5.67. The molecule has 148 valence electrons. The molecule has 2 amide bonds. The van der Waals surface area contributed by atoms with Crippen LogP contribution >= 0.6 is 23.2 Å². The lowest BCUT2D eigenvalue weighted by molar-refractivity contribution is -0.121. The lowest BCUT2D eigenvalue weighted by Gasteiger charge is -2.16. The summed E-state index contributed by atoms with van der Waals surface area (Å²) in [6, 6.07) is 21.2. The van der Waals surface area contributed by atoms with Crippen molar-refractivity contribution in [1.29, 1.82) is 0 Å². The molecule has 0 radical (unpaired) electrons. The zero-order chi connectivity index (χ0) is 20.8. The van der Waals surface area contributed by atoms with Gasteiger partial charge in [0.25, 0.3) is 5.91 Å². The van der Waals surface area contributed by atoms with Crippen LogP contribution in [-0.4, -0.2) is 11.8 Å². The zero-order valence-electron chi connectivity index (χ0n) is 15.8. The van der Waals surface area contributed by atoms with Gasteiger partial charge in [-0.15, -0.1) is 0 Å². The Labute approximate surface area is 179 Å². The molecule has 0 aliphatic rings. The van der Waals surface area contributed by atoms with Crippen molar-refractivity contribution in [2.45, 2.75) is 19.4 Å². The fourth-order valence-corrected chi connectivity index (χ4v) is 3.37. The molecule has 0 bridgehead atoms. The van der Waals surface area contributed by atoms with Gasteiger partial charge in [-0.05, 0) is 54.4 Å². The molecule has 0 heterocycles. The van der Waals surface area contributed by atoms with Gasteiger partial charge in [0.1, 0.15) is 0 Å². The molecule has 1 unspecified atom stereocenters. The van der Waals surface area contributed by atoms with Gasteiger partial charge in [-0.1, -0.05) is 59.6 Å². The Hall–Kier alpha value is -2.82. The zero-order valence-corrected chi connectivity index (χ0v) is 17.3. The molecule has 29 heavy (non-hydrogen) atoms. The standard InChI is InChI=1S/C23H20Cl2N2O2/c1-15(26-22(28)13-18-10-11-19(24)14-21(18)25)17-8-5-9-20(12-17)27-23(29)16-6-3-2-4-7-16/h2-12,14-15H,13H2,1H3,(H,26,28)(H,27,29). The van der Waals surface area contributed by atoms with Crippen molar-refractivity contribution in [3.8, 4) is 0 Å². The summed E-state index contributed by atoms with van der Waals surface area (Å²) in [6.45, 7) is 1.89. The number of carbonyl (C=O) groups is 2. The number of rotatable bonds is 6. The Morgan fingerprint density at radius 2 is 1.69 bits per heavy atom. The maximum absolute atomic E-state index is 12.4. The third-order valence-corrected chi connectivity index (χ3v) is 5.01. The number of carbonyl (C=O) groups excluding carboxylic acids is 2. The molecular formula is C23H20Cl2N2O2. The van der Waals surface area contributed by atoms with Crippen molar-refractivity contribution in [2.75, 3.05) is 5.32 Å². The number of nitrogens with one attached hydrogen (secondary N) is 2. The van der Waals surface area contributed by atoms with Crippen LogP contribution in [0, 0.1) is 0 Å². The minimum Gasteiger partial charge on any atom is -0.349 e.